The molecule has 4 aromatic heterocycles. The largest absolute Gasteiger partial charge is 0.504 e. The number of hydrogen-bond donors (Lipinski definition) is 4. The predicted molar refractivity (Wildman–Crippen MR) is 123 cm³/mol. The summed E-state index contributed by atoms with van der Waals surface area (Å²) in [5.74, 6) is 1.22. The van der Waals surface area contributed by atoms with Gasteiger partial charge in [-0.1, -0.05) is 6.92 Å². The van der Waals surface area contributed by atoms with Crippen LogP contribution in [-0.2, 0) is 0 Å². The molecule has 0 aliphatic carbocycles. The van der Waals surface area contributed by atoms with Crippen LogP contribution in [0.4, 0.5) is 5.82 Å². The van der Waals surface area contributed by atoms with Crippen LogP contribution in [0.2, 0.25) is 0 Å². The van der Waals surface area contributed by atoms with Gasteiger partial charge in [0.05, 0.1) is 5.75 Å². The first kappa shape index (κ1) is 20.6. The van der Waals surface area contributed by atoms with Crippen LogP contribution in [0.5, 0.6) is 5.75 Å². The van der Waals surface area contributed by atoms with Gasteiger partial charge in [0.2, 0.25) is 5.82 Å². The minimum Gasteiger partial charge on any atom is -0.504 e. The number of nitrogens with one attached hydrogen (secondary N) is 1. The van der Waals surface area contributed by atoms with Crippen molar-refractivity contribution in [3.05, 3.63) is 54.2 Å². The van der Waals surface area contributed by atoms with E-state index >= 15 is 0 Å². The molecule has 0 aromatic carbocycles. The normalized spacial score (nSPS) is 17.9. The maximum atomic E-state index is 11.0. The Hall–Kier alpha value is -3.28. The highest BCUT2D eigenvalue weighted by molar-refractivity contribution is 8.25. The molecule has 10 nitrogen and oxygen atoms in total. The van der Waals surface area contributed by atoms with E-state index in [1.807, 2.05) is 19.1 Å². The van der Waals surface area contributed by atoms with E-state index in [0.717, 1.165) is 18.4 Å². The summed E-state index contributed by atoms with van der Waals surface area (Å²) in [5, 5.41) is 18.7. The molecule has 1 saturated heterocycles. The molecule has 5 heterocycles. The summed E-state index contributed by atoms with van der Waals surface area (Å²) < 4.78 is 22.9. The van der Waals surface area contributed by atoms with E-state index in [4.69, 9.17) is 0 Å². The van der Waals surface area contributed by atoms with E-state index in [9.17, 15) is 14.2 Å². The highest BCUT2D eigenvalue weighted by Crippen LogP contribution is 2.51. The molecule has 1 aliphatic rings. The summed E-state index contributed by atoms with van der Waals surface area (Å²) in [5.41, 5.74) is 1.46. The van der Waals surface area contributed by atoms with Crippen LogP contribution >= 0.6 is 10.8 Å². The molecule has 1 atom stereocenters. The first-order valence-electron chi connectivity index (χ1n) is 10.3. The third kappa shape index (κ3) is 3.53. The Morgan fingerprint density at radius 2 is 1.91 bits per heavy atom. The lowest BCUT2D eigenvalue weighted by Crippen LogP contribution is -2.35. The molecule has 0 spiro atoms. The number of aromatic nitrogens is 6. The van der Waals surface area contributed by atoms with Crippen molar-refractivity contribution in [1.29, 1.82) is 0 Å². The predicted octanol–water partition coefficient (Wildman–Crippen LogP) is 3.93. The fourth-order valence-corrected chi connectivity index (χ4v) is 5.54. The monoisotopic (exact) mass is 453 g/mol. The molecule has 166 valence electrons. The fourth-order valence-electron chi connectivity index (χ4n) is 3.89. The summed E-state index contributed by atoms with van der Waals surface area (Å²) in [4.78, 5) is 17.5. The molecule has 0 radical (unpaired) electrons. The molecular weight excluding hydrogens is 430 g/mol. The number of nitrogens with zero attached hydrogens (tertiary/aromatic N) is 6. The van der Waals surface area contributed by atoms with Gasteiger partial charge in [-0.2, -0.15) is 5.10 Å². The van der Waals surface area contributed by atoms with Crippen molar-refractivity contribution in [3.63, 3.8) is 0 Å². The van der Waals surface area contributed by atoms with Crippen molar-refractivity contribution in [2.24, 2.45) is 0 Å². The number of anilines is 1. The van der Waals surface area contributed by atoms with Crippen LogP contribution in [0.3, 0.4) is 0 Å². The first-order valence-corrected chi connectivity index (χ1v) is 12.0. The van der Waals surface area contributed by atoms with E-state index in [1.165, 1.54) is 4.31 Å². The molecule has 0 saturated carbocycles. The van der Waals surface area contributed by atoms with Crippen LogP contribution in [0, 0.1) is 0 Å². The van der Waals surface area contributed by atoms with E-state index < -0.39 is 10.8 Å². The van der Waals surface area contributed by atoms with Crippen molar-refractivity contribution >= 4 is 27.5 Å². The minimum atomic E-state index is -3.02. The summed E-state index contributed by atoms with van der Waals surface area (Å²) in [6, 6.07) is 7.29. The maximum absolute atomic E-state index is 11.0. The Kier molecular flexibility index (Phi) is 5.16. The Bertz CT molecular complexity index is 1260. The van der Waals surface area contributed by atoms with Crippen LogP contribution in [0.25, 0.3) is 22.4 Å². The summed E-state index contributed by atoms with van der Waals surface area (Å²) >= 11 is 0. The summed E-state index contributed by atoms with van der Waals surface area (Å²) in [6.45, 7) is 2.44. The lowest BCUT2D eigenvalue weighted by Gasteiger charge is -2.47. The molecule has 32 heavy (non-hydrogen) atoms. The molecular formula is C21H23N7O3S. The highest BCUT2D eigenvalue weighted by Gasteiger charge is 2.31. The number of aromatic amines is 1. The van der Waals surface area contributed by atoms with Gasteiger partial charge in [0.1, 0.15) is 11.3 Å². The second-order valence-corrected chi connectivity index (χ2v) is 9.84. The number of pyridine rings is 3. The van der Waals surface area contributed by atoms with Gasteiger partial charge in [-0.3, -0.25) is 28.5 Å². The van der Waals surface area contributed by atoms with Gasteiger partial charge in [0, 0.05) is 36.4 Å². The SMILES string of the molecule is CC(c1ccncc1)c1nc(-c2nc(N3CCCCS3(O)O)c3cccnc3c2O)n[nH]1. The zero-order chi connectivity index (χ0) is 22.3. The van der Waals surface area contributed by atoms with Crippen molar-refractivity contribution < 1.29 is 14.2 Å². The topological polar surface area (TPSA) is 144 Å². The zero-order valence-electron chi connectivity index (χ0n) is 17.4. The standard InChI is InChI=1S/C21H23N7O3S/c1-13(14-6-9-22-10-7-14)19-25-20(27-26-19)17-18(29)16-15(5-4-8-23-16)21(24-17)28-11-2-3-12-32(28,30)31/h4-10,13,29-31H,2-3,11-12H2,1H3,(H,25,26,27). The van der Waals surface area contributed by atoms with Gasteiger partial charge in [-0.15, -0.1) is 10.8 Å². The smallest absolute Gasteiger partial charge is 0.203 e. The van der Waals surface area contributed by atoms with Gasteiger partial charge in [0.25, 0.3) is 0 Å². The van der Waals surface area contributed by atoms with Crippen LogP contribution in [-0.4, -0.2) is 56.6 Å². The molecule has 1 fully saturated rings. The summed E-state index contributed by atoms with van der Waals surface area (Å²) in [7, 11) is -3.02. The molecule has 1 aliphatic heterocycles. The highest BCUT2D eigenvalue weighted by atomic mass is 32.3. The Balaban J connectivity index is 1.63. The number of fused-ring (bicyclic) bond motifs is 1. The molecule has 1 unspecified atom stereocenters. The van der Waals surface area contributed by atoms with Gasteiger partial charge in [-0.25, -0.2) is 9.97 Å². The third-order valence-corrected chi connectivity index (χ3v) is 7.56. The van der Waals surface area contributed by atoms with Crippen LogP contribution < -0.4 is 4.31 Å². The Morgan fingerprint density at radius 1 is 1.09 bits per heavy atom. The number of rotatable bonds is 4. The molecule has 0 amide bonds. The Morgan fingerprint density at radius 3 is 2.69 bits per heavy atom. The maximum Gasteiger partial charge on any atom is 0.203 e. The third-order valence-electron chi connectivity index (χ3n) is 5.66. The Labute approximate surface area is 185 Å². The number of H-pyrrole nitrogens is 1. The quantitative estimate of drug-likeness (QED) is 0.361. The van der Waals surface area contributed by atoms with Gasteiger partial charge >= 0.3 is 0 Å². The minimum absolute atomic E-state index is 0.0754. The van der Waals surface area contributed by atoms with E-state index in [-0.39, 0.29) is 28.9 Å². The van der Waals surface area contributed by atoms with Gasteiger partial charge < -0.3 is 5.11 Å². The average molecular weight is 454 g/mol. The number of aromatic hydroxyl groups is 1. The second kappa shape index (κ2) is 8.01. The van der Waals surface area contributed by atoms with E-state index in [0.29, 0.717) is 29.1 Å². The number of hydrogen-bond acceptors (Lipinski definition) is 9. The van der Waals surface area contributed by atoms with Crippen molar-refractivity contribution in [1.82, 2.24) is 30.1 Å². The van der Waals surface area contributed by atoms with E-state index in [1.54, 1.807) is 30.7 Å². The van der Waals surface area contributed by atoms with E-state index in [2.05, 4.69) is 30.1 Å². The van der Waals surface area contributed by atoms with Crippen molar-refractivity contribution in [2.75, 3.05) is 16.6 Å². The van der Waals surface area contributed by atoms with Crippen LogP contribution in [0.1, 0.15) is 37.1 Å². The van der Waals surface area contributed by atoms with Crippen molar-refractivity contribution in [2.45, 2.75) is 25.7 Å². The molecule has 4 N–H and O–H groups in total. The van der Waals surface area contributed by atoms with Gasteiger partial charge in [0.15, 0.2) is 17.3 Å². The molecule has 11 heteroatoms. The second-order valence-electron chi connectivity index (χ2n) is 7.72. The summed E-state index contributed by atoms with van der Waals surface area (Å²) in [6.07, 6.45) is 6.54. The first-order chi connectivity index (χ1) is 15.5. The van der Waals surface area contributed by atoms with Crippen LogP contribution in [0.15, 0.2) is 42.9 Å². The lowest BCUT2D eigenvalue weighted by molar-refractivity contribution is 0.466. The molecule has 4 aromatic rings. The molecule has 5 rings (SSSR count). The van der Waals surface area contributed by atoms with Gasteiger partial charge in [-0.05, 0) is 42.7 Å². The lowest BCUT2D eigenvalue weighted by atomic mass is 10.0. The molecule has 0 bridgehead atoms. The fraction of sp³-hybridized carbons (Fsp3) is 0.286. The average Bonchev–Trinajstić information content (AvgIpc) is 3.30. The zero-order valence-corrected chi connectivity index (χ0v) is 18.2. The van der Waals surface area contributed by atoms with Crippen molar-refractivity contribution in [3.8, 4) is 17.3 Å².